The summed E-state index contributed by atoms with van der Waals surface area (Å²) < 4.78 is 11.1. The molecule has 4 nitrogen and oxygen atoms in total. The number of methoxy groups -OCH3 is 1. The van der Waals surface area contributed by atoms with Gasteiger partial charge in [-0.15, -0.1) is 0 Å². The SMILES string of the molecule is COC1(CC(=O)NCC2(c3ccccc3)CCOCC2)CCC1. The summed E-state index contributed by atoms with van der Waals surface area (Å²) in [6.07, 6.45) is 5.53. The van der Waals surface area contributed by atoms with Gasteiger partial charge in [-0.2, -0.15) is 0 Å². The molecular weight excluding hydrogens is 290 g/mol. The van der Waals surface area contributed by atoms with E-state index in [1.807, 2.05) is 6.07 Å². The van der Waals surface area contributed by atoms with Gasteiger partial charge in [-0.05, 0) is 37.7 Å². The normalized spacial score (nSPS) is 22.1. The second-order valence-electron chi connectivity index (χ2n) is 6.95. The molecule has 0 atom stereocenters. The Kier molecular flexibility index (Phi) is 5.02. The number of hydrogen-bond donors (Lipinski definition) is 1. The molecule has 0 spiro atoms. The summed E-state index contributed by atoms with van der Waals surface area (Å²) in [6.45, 7) is 2.19. The molecule has 0 radical (unpaired) electrons. The Morgan fingerprint density at radius 1 is 1.17 bits per heavy atom. The van der Waals surface area contributed by atoms with Crippen LogP contribution in [0.2, 0.25) is 0 Å². The second-order valence-corrected chi connectivity index (χ2v) is 6.95. The van der Waals surface area contributed by atoms with Gasteiger partial charge in [-0.25, -0.2) is 0 Å². The van der Waals surface area contributed by atoms with E-state index in [4.69, 9.17) is 9.47 Å². The predicted octanol–water partition coefficient (Wildman–Crippen LogP) is 2.81. The quantitative estimate of drug-likeness (QED) is 0.877. The summed E-state index contributed by atoms with van der Waals surface area (Å²) >= 11 is 0. The van der Waals surface area contributed by atoms with Gasteiger partial charge in [-0.3, -0.25) is 4.79 Å². The van der Waals surface area contributed by atoms with Crippen molar-refractivity contribution in [3.63, 3.8) is 0 Å². The largest absolute Gasteiger partial charge is 0.381 e. The van der Waals surface area contributed by atoms with E-state index in [-0.39, 0.29) is 16.9 Å². The van der Waals surface area contributed by atoms with E-state index in [1.54, 1.807) is 7.11 Å². The third-order valence-corrected chi connectivity index (χ3v) is 5.64. The van der Waals surface area contributed by atoms with Gasteiger partial charge in [0.15, 0.2) is 0 Å². The van der Waals surface area contributed by atoms with Gasteiger partial charge in [0, 0.05) is 32.3 Å². The maximum absolute atomic E-state index is 12.4. The summed E-state index contributed by atoms with van der Waals surface area (Å²) in [4.78, 5) is 12.4. The lowest BCUT2D eigenvalue weighted by Crippen LogP contribution is -2.48. The highest BCUT2D eigenvalue weighted by Gasteiger charge is 2.40. The van der Waals surface area contributed by atoms with Crippen LogP contribution in [0.1, 0.15) is 44.1 Å². The first-order chi connectivity index (χ1) is 11.2. The van der Waals surface area contributed by atoms with Gasteiger partial charge < -0.3 is 14.8 Å². The van der Waals surface area contributed by atoms with Crippen molar-refractivity contribution in [2.75, 3.05) is 26.9 Å². The summed E-state index contributed by atoms with van der Waals surface area (Å²) in [5, 5.41) is 3.18. The molecule has 1 saturated heterocycles. The first kappa shape index (κ1) is 16.5. The zero-order valence-electron chi connectivity index (χ0n) is 14.0. The lowest BCUT2D eigenvalue weighted by molar-refractivity contribution is -0.134. The van der Waals surface area contributed by atoms with Gasteiger partial charge in [0.25, 0.3) is 0 Å². The number of rotatable bonds is 6. The van der Waals surface area contributed by atoms with Crippen LogP contribution in [0.25, 0.3) is 0 Å². The number of nitrogens with one attached hydrogen (secondary N) is 1. The van der Waals surface area contributed by atoms with Gasteiger partial charge in [-0.1, -0.05) is 30.3 Å². The molecule has 1 aliphatic heterocycles. The van der Waals surface area contributed by atoms with E-state index in [1.165, 1.54) is 5.56 Å². The Bertz CT molecular complexity index is 513. The average molecular weight is 317 g/mol. The fourth-order valence-corrected chi connectivity index (χ4v) is 3.77. The van der Waals surface area contributed by atoms with E-state index < -0.39 is 0 Å². The van der Waals surface area contributed by atoms with E-state index in [0.29, 0.717) is 13.0 Å². The minimum absolute atomic E-state index is 0.00494. The Labute approximate surface area is 138 Å². The van der Waals surface area contributed by atoms with Crippen molar-refractivity contribution in [3.05, 3.63) is 35.9 Å². The molecule has 126 valence electrons. The molecule has 1 aromatic rings. The van der Waals surface area contributed by atoms with Crippen LogP contribution in [0, 0.1) is 0 Å². The van der Waals surface area contributed by atoms with Crippen LogP contribution in [0.5, 0.6) is 0 Å². The Morgan fingerprint density at radius 2 is 1.87 bits per heavy atom. The Balaban J connectivity index is 1.64. The van der Waals surface area contributed by atoms with E-state index in [2.05, 4.69) is 29.6 Å². The summed E-state index contributed by atoms with van der Waals surface area (Å²) in [6, 6.07) is 10.5. The third-order valence-electron chi connectivity index (χ3n) is 5.64. The lowest BCUT2D eigenvalue weighted by Gasteiger charge is -2.41. The maximum Gasteiger partial charge on any atom is 0.222 e. The number of carbonyl (C=O) groups is 1. The van der Waals surface area contributed by atoms with Crippen LogP contribution in [0.3, 0.4) is 0 Å². The van der Waals surface area contributed by atoms with E-state index in [0.717, 1.165) is 45.3 Å². The molecule has 1 heterocycles. The van der Waals surface area contributed by atoms with Crippen molar-refractivity contribution < 1.29 is 14.3 Å². The fraction of sp³-hybridized carbons (Fsp3) is 0.632. The van der Waals surface area contributed by atoms with Crippen LogP contribution >= 0.6 is 0 Å². The molecule has 23 heavy (non-hydrogen) atoms. The van der Waals surface area contributed by atoms with Crippen LogP contribution in [-0.2, 0) is 19.7 Å². The van der Waals surface area contributed by atoms with Gasteiger partial charge >= 0.3 is 0 Å². The summed E-state index contributed by atoms with van der Waals surface area (Å²) in [5.74, 6) is 0.105. The predicted molar refractivity (Wildman–Crippen MR) is 89.4 cm³/mol. The Hall–Kier alpha value is -1.39. The molecule has 0 aromatic heterocycles. The average Bonchev–Trinajstić information content (AvgIpc) is 2.58. The molecule has 1 saturated carbocycles. The minimum atomic E-state index is -0.209. The molecule has 1 amide bonds. The topological polar surface area (TPSA) is 47.6 Å². The zero-order chi connectivity index (χ0) is 16.2. The van der Waals surface area contributed by atoms with Gasteiger partial charge in [0.2, 0.25) is 5.91 Å². The molecule has 0 bridgehead atoms. The highest BCUT2D eigenvalue weighted by Crippen LogP contribution is 2.38. The summed E-state index contributed by atoms with van der Waals surface area (Å²) in [7, 11) is 1.72. The third kappa shape index (κ3) is 3.59. The lowest BCUT2D eigenvalue weighted by atomic mass is 9.73. The first-order valence-corrected chi connectivity index (χ1v) is 8.63. The standard InChI is InChI=1S/C19H27NO3/c1-22-19(8-5-9-19)14-17(21)20-15-18(10-12-23-13-11-18)16-6-3-2-4-7-16/h2-4,6-7H,5,8-15H2,1H3,(H,20,21). The number of amides is 1. The number of benzene rings is 1. The maximum atomic E-state index is 12.4. The van der Waals surface area contributed by atoms with Crippen LogP contribution in [0.4, 0.5) is 0 Å². The molecule has 3 rings (SSSR count). The van der Waals surface area contributed by atoms with Crippen LogP contribution in [0.15, 0.2) is 30.3 Å². The van der Waals surface area contributed by atoms with E-state index in [9.17, 15) is 4.79 Å². The van der Waals surface area contributed by atoms with Crippen molar-refractivity contribution in [3.8, 4) is 0 Å². The fourth-order valence-electron chi connectivity index (χ4n) is 3.77. The monoisotopic (exact) mass is 317 g/mol. The molecule has 2 fully saturated rings. The van der Waals surface area contributed by atoms with Gasteiger partial charge in [0.05, 0.1) is 12.0 Å². The van der Waals surface area contributed by atoms with Crippen molar-refractivity contribution in [1.29, 1.82) is 0 Å². The molecular formula is C19H27NO3. The highest BCUT2D eigenvalue weighted by atomic mass is 16.5. The Morgan fingerprint density at radius 3 is 2.43 bits per heavy atom. The van der Waals surface area contributed by atoms with Crippen molar-refractivity contribution in [1.82, 2.24) is 5.32 Å². The molecule has 1 aromatic carbocycles. The second kappa shape index (κ2) is 7.02. The minimum Gasteiger partial charge on any atom is -0.381 e. The van der Waals surface area contributed by atoms with Crippen molar-refractivity contribution >= 4 is 5.91 Å². The first-order valence-electron chi connectivity index (χ1n) is 8.63. The van der Waals surface area contributed by atoms with Gasteiger partial charge in [0.1, 0.15) is 0 Å². The van der Waals surface area contributed by atoms with Crippen molar-refractivity contribution in [2.24, 2.45) is 0 Å². The molecule has 1 aliphatic carbocycles. The van der Waals surface area contributed by atoms with Crippen LogP contribution < -0.4 is 5.32 Å². The smallest absolute Gasteiger partial charge is 0.222 e. The molecule has 1 N–H and O–H groups in total. The number of carbonyl (C=O) groups excluding carboxylic acids is 1. The molecule has 0 unspecified atom stereocenters. The number of hydrogen-bond acceptors (Lipinski definition) is 3. The zero-order valence-corrected chi connectivity index (χ0v) is 14.0. The number of ether oxygens (including phenoxy) is 2. The van der Waals surface area contributed by atoms with E-state index >= 15 is 0 Å². The molecule has 4 heteroatoms. The summed E-state index contributed by atoms with van der Waals surface area (Å²) in [5.41, 5.74) is 1.09. The van der Waals surface area contributed by atoms with Crippen LogP contribution in [-0.4, -0.2) is 38.4 Å². The molecule has 2 aliphatic rings. The van der Waals surface area contributed by atoms with Crippen molar-refractivity contribution in [2.45, 2.75) is 49.5 Å². The highest BCUT2D eigenvalue weighted by molar-refractivity contribution is 5.77.